The Kier molecular flexibility index (Phi) is 13.1. The summed E-state index contributed by atoms with van der Waals surface area (Å²) in [5.74, 6) is 0.787. The summed E-state index contributed by atoms with van der Waals surface area (Å²) in [6.45, 7) is 5.43. The summed E-state index contributed by atoms with van der Waals surface area (Å²) in [4.78, 5) is 1.99. The molecule has 0 aliphatic heterocycles. The average molecular weight is 414 g/mol. The topological polar surface area (TPSA) is 114 Å². The lowest BCUT2D eigenvalue weighted by Gasteiger charge is -2.30. The second-order valence-corrected chi connectivity index (χ2v) is 7.51. The average Bonchev–Trinajstić information content (AvgIpc) is 2.75. The molecule has 1 aromatic rings. The van der Waals surface area contributed by atoms with Crippen molar-refractivity contribution in [3.63, 3.8) is 0 Å². The van der Waals surface area contributed by atoms with E-state index in [-0.39, 0.29) is 6.54 Å². The first-order chi connectivity index (χ1) is 13.9. The minimum absolute atomic E-state index is 0.140. The summed E-state index contributed by atoms with van der Waals surface area (Å²) in [6.07, 6.45) is -0.607. The van der Waals surface area contributed by atoms with Crippen molar-refractivity contribution in [2.24, 2.45) is 0 Å². The first-order valence-electron chi connectivity index (χ1n) is 10.7. The molecule has 7 heteroatoms. The fourth-order valence-corrected chi connectivity index (χ4v) is 3.11. The van der Waals surface area contributed by atoms with E-state index < -0.39 is 31.0 Å². The monoisotopic (exact) mass is 413 g/mol. The van der Waals surface area contributed by atoms with Gasteiger partial charge in [-0.3, -0.25) is 4.90 Å². The zero-order valence-electron chi connectivity index (χ0n) is 17.8. The molecule has 4 atom stereocenters. The van der Waals surface area contributed by atoms with E-state index in [0.717, 1.165) is 44.4 Å². The van der Waals surface area contributed by atoms with Crippen LogP contribution in [0.1, 0.15) is 45.1 Å². The number of hydrogen-bond donors (Lipinski definition) is 5. The van der Waals surface area contributed by atoms with Gasteiger partial charge in [-0.2, -0.15) is 0 Å². The van der Waals surface area contributed by atoms with E-state index in [4.69, 9.17) is 9.84 Å². The Morgan fingerprint density at radius 2 is 1.52 bits per heavy atom. The van der Waals surface area contributed by atoms with Crippen LogP contribution in [0.25, 0.3) is 0 Å². The highest BCUT2D eigenvalue weighted by atomic mass is 16.5. The quantitative estimate of drug-likeness (QED) is 0.256. The van der Waals surface area contributed by atoms with Crippen molar-refractivity contribution in [1.82, 2.24) is 4.90 Å². The second kappa shape index (κ2) is 14.7. The van der Waals surface area contributed by atoms with Crippen LogP contribution in [0.15, 0.2) is 24.3 Å². The molecule has 0 spiro atoms. The maximum atomic E-state index is 10.3. The van der Waals surface area contributed by atoms with Gasteiger partial charge < -0.3 is 30.3 Å². The van der Waals surface area contributed by atoms with Crippen LogP contribution >= 0.6 is 0 Å². The predicted molar refractivity (Wildman–Crippen MR) is 113 cm³/mol. The summed E-state index contributed by atoms with van der Waals surface area (Å²) in [6, 6.07) is 7.95. The number of nitrogens with zero attached hydrogens (tertiary/aromatic N) is 1. The van der Waals surface area contributed by atoms with Gasteiger partial charge >= 0.3 is 0 Å². The normalized spacial score (nSPS) is 15.9. The maximum Gasteiger partial charge on any atom is 0.119 e. The molecule has 0 aromatic heterocycles. The largest absolute Gasteiger partial charge is 0.492 e. The molecule has 0 fully saturated rings. The summed E-state index contributed by atoms with van der Waals surface area (Å²) in [5.41, 5.74) is 1.25. The number of aliphatic hydroxyl groups excluding tert-OH is 5. The van der Waals surface area contributed by atoms with Gasteiger partial charge in [0.05, 0.1) is 12.7 Å². The van der Waals surface area contributed by atoms with Crippen molar-refractivity contribution < 1.29 is 30.3 Å². The highest BCUT2D eigenvalue weighted by Crippen LogP contribution is 2.13. The molecule has 1 rings (SSSR count). The summed E-state index contributed by atoms with van der Waals surface area (Å²) >= 11 is 0. The number of aryl methyl sites for hydroxylation is 1. The zero-order valence-corrected chi connectivity index (χ0v) is 17.8. The third-order valence-corrected chi connectivity index (χ3v) is 5.11. The van der Waals surface area contributed by atoms with Crippen LogP contribution in [-0.2, 0) is 6.42 Å². The molecular formula is C22H39NO6. The van der Waals surface area contributed by atoms with Crippen LogP contribution in [0.5, 0.6) is 5.75 Å². The Bertz CT molecular complexity index is 527. The first-order valence-corrected chi connectivity index (χ1v) is 10.7. The molecule has 1 aromatic carbocycles. The zero-order chi connectivity index (χ0) is 21.6. The molecule has 29 heavy (non-hydrogen) atoms. The van der Waals surface area contributed by atoms with Crippen LogP contribution in [0.3, 0.4) is 0 Å². The van der Waals surface area contributed by atoms with Gasteiger partial charge in [-0.25, -0.2) is 0 Å². The van der Waals surface area contributed by atoms with Gasteiger partial charge in [0.2, 0.25) is 0 Å². The van der Waals surface area contributed by atoms with Crippen LogP contribution in [0, 0.1) is 0 Å². The molecule has 7 nitrogen and oxygen atoms in total. The Morgan fingerprint density at radius 3 is 2.10 bits per heavy atom. The number of ether oxygens (including phenoxy) is 1. The lowest BCUT2D eigenvalue weighted by atomic mass is 10.0. The molecule has 0 aliphatic rings. The van der Waals surface area contributed by atoms with Crippen LogP contribution in [-0.4, -0.2) is 87.7 Å². The third-order valence-electron chi connectivity index (χ3n) is 5.11. The molecular weight excluding hydrogens is 374 g/mol. The van der Waals surface area contributed by atoms with Crippen LogP contribution < -0.4 is 4.74 Å². The number of aliphatic hydroxyl groups is 5. The molecule has 0 saturated heterocycles. The van der Waals surface area contributed by atoms with E-state index in [1.165, 1.54) is 5.56 Å². The van der Waals surface area contributed by atoms with Crippen LogP contribution in [0.2, 0.25) is 0 Å². The van der Waals surface area contributed by atoms with Gasteiger partial charge in [0.25, 0.3) is 0 Å². The Morgan fingerprint density at radius 1 is 0.862 bits per heavy atom. The number of benzene rings is 1. The van der Waals surface area contributed by atoms with E-state index in [1.807, 2.05) is 29.2 Å². The predicted octanol–water partition coefficient (Wildman–Crippen LogP) is 0.946. The first kappa shape index (κ1) is 25.8. The van der Waals surface area contributed by atoms with Gasteiger partial charge in [-0.05, 0) is 37.1 Å². The van der Waals surface area contributed by atoms with Crippen molar-refractivity contribution in [2.45, 2.75) is 70.4 Å². The molecule has 0 heterocycles. The third kappa shape index (κ3) is 9.89. The van der Waals surface area contributed by atoms with E-state index >= 15 is 0 Å². The van der Waals surface area contributed by atoms with Gasteiger partial charge in [0.15, 0.2) is 0 Å². The molecule has 0 saturated carbocycles. The van der Waals surface area contributed by atoms with Crippen molar-refractivity contribution >= 4 is 0 Å². The smallest absolute Gasteiger partial charge is 0.119 e. The van der Waals surface area contributed by atoms with Crippen molar-refractivity contribution in [1.29, 1.82) is 0 Å². The molecule has 5 N–H and O–H groups in total. The second-order valence-electron chi connectivity index (χ2n) is 7.51. The van der Waals surface area contributed by atoms with Crippen LogP contribution in [0.4, 0.5) is 0 Å². The summed E-state index contributed by atoms with van der Waals surface area (Å²) < 4.78 is 5.80. The maximum absolute atomic E-state index is 10.3. The van der Waals surface area contributed by atoms with E-state index in [2.05, 4.69) is 13.8 Å². The Hall–Kier alpha value is -1.22. The Balaban J connectivity index is 2.56. The number of rotatable bonds is 16. The fourth-order valence-electron chi connectivity index (χ4n) is 3.11. The highest BCUT2D eigenvalue weighted by Gasteiger charge is 2.30. The molecule has 0 amide bonds. The van der Waals surface area contributed by atoms with Gasteiger partial charge in [-0.15, -0.1) is 0 Å². The number of unbranched alkanes of at least 4 members (excludes halogenated alkanes) is 3. The fraction of sp³-hybridized carbons (Fsp3) is 0.727. The van der Waals surface area contributed by atoms with Crippen molar-refractivity contribution in [3.8, 4) is 5.75 Å². The van der Waals surface area contributed by atoms with E-state index in [0.29, 0.717) is 13.2 Å². The Labute approximate surface area is 174 Å². The standard InChI is InChI=1S/C22H39NO6/c1-3-5-6-7-12-23(15-19(25)21(27)22(28)20(26)16-24)13-14-29-18-10-8-17(4-2)9-11-18/h8-11,19-22,24-28H,3-7,12-16H2,1-2H3. The molecule has 0 bridgehead atoms. The molecule has 0 aliphatic carbocycles. The minimum atomic E-state index is -1.61. The number of hydrogen-bond acceptors (Lipinski definition) is 7. The van der Waals surface area contributed by atoms with Gasteiger partial charge in [0, 0.05) is 13.1 Å². The summed E-state index contributed by atoms with van der Waals surface area (Å²) in [7, 11) is 0. The van der Waals surface area contributed by atoms with Crippen molar-refractivity contribution in [3.05, 3.63) is 29.8 Å². The molecule has 0 radical (unpaired) electrons. The lowest BCUT2D eigenvalue weighted by molar-refractivity contribution is -0.119. The van der Waals surface area contributed by atoms with Crippen molar-refractivity contribution in [2.75, 3.05) is 32.8 Å². The van der Waals surface area contributed by atoms with Gasteiger partial charge in [0.1, 0.15) is 30.7 Å². The van der Waals surface area contributed by atoms with E-state index in [9.17, 15) is 20.4 Å². The summed E-state index contributed by atoms with van der Waals surface area (Å²) in [5, 5.41) is 48.6. The lowest BCUT2D eigenvalue weighted by Crippen LogP contribution is -2.50. The molecule has 4 unspecified atom stereocenters. The van der Waals surface area contributed by atoms with E-state index in [1.54, 1.807) is 0 Å². The minimum Gasteiger partial charge on any atom is -0.492 e. The highest BCUT2D eigenvalue weighted by molar-refractivity contribution is 5.27. The SMILES string of the molecule is CCCCCCN(CCOc1ccc(CC)cc1)CC(O)C(O)C(O)C(O)CO. The van der Waals surface area contributed by atoms with Gasteiger partial charge in [-0.1, -0.05) is 45.2 Å². The molecule has 168 valence electrons.